The number of ether oxygens (including phenoxy) is 2. The number of methoxy groups -OCH3 is 1. The van der Waals surface area contributed by atoms with Crippen LogP contribution in [0.25, 0.3) is 21.8 Å². The van der Waals surface area contributed by atoms with Crippen LogP contribution in [0.15, 0.2) is 59.8 Å². The van der Waals surface area contributed by atoms with E-state index in [0.717, 1.165) is 32.9 Å². The Kier molecular flexibility index (Phi) is 8.63. The van der Waals surface area contributed by atoms with E-state index < -0.39 is 16.6 Å². The van der Waals surface area contributed by atoms with Crippen molar-refractivity contribution in [2.75, 3.05) is 13.7 Å². The van der Waals surface area contributed by atoms with Crippen LogP contribution in [0.1, 0.15) is 51.3 Å². The minimum absolute atomic E-state index is 0.0169. The predicted molar refractivity (Wildman–Crippen MR) is 160 cm³/mol. The van der Waals surface area contributed by atoms with Crippen molar-refractivity contribution in [2.45, 2.75) is 59.7 Å². The largest absolute Gasteiger partial charge is 0.488 e. The molecule has 0 saturated carbocycles. The van der Waals surface area contributed by atoms with Crippen LogP contribution in [0.2, 0.25) is 0 Å². The van der Waals surface area contributed by atoms with Crippen LogP contribution in [0, 0.1) is 17.0 Å². The minimum Gasteiger partial charge on any atom is -0.488 e. The molecule has 1 N–H and O–H groups in total. The molecule has 0 saturated heterocycles. The fourth-order valence-electron chi connectivity index (χ4n) is 4.84. The topological polar surface area (TPSA) is 117 Å². The van der Waals surface area contributed by atoms with Gasteiger partial charge in [0.15, 0.2) is 0 Å². The number of nitrogens with one attached hydrogen (secondary N) is 1. The summed E-state index contributed by atoms with van der Waals surface area (Å²) >= 11 is 0. The van der Waals surface area contributed by atoms with Gasteiger partial charge >= 0.3 is 6.09 Å². The summed E-state index contributed by atoms with van der Waals surface area (Å²) in [6.07, 6.45) is -0.814. The molecule has 10 heteroatoms. The summed E-state index contributed by atoms with van der Waals surface area (Å²) in [5.41, 5.74) is 4.07. The van der Waals surface area contributed by atoms with Gasteiger partial charge in [-0.15, -0.1) is 0 Å². The molecule has 3 aromatic carbocycles. The van der Waals surface area contributed by atoms with E-state index in [0.29, 0.717) is 30.2 Å². The Morgan fingerprint density at radius 2 is 1.76 bits per heavy atom. The maximum absolute atomic E-state index is 12.5. The monoisotopic (exact) mass is 560 g/mol. The molecule has 1 aromatic heterocycles. The molecule has 4 aromatic rings. The second-order valence-electron chi connectivity index (χ2n) is 11.0. The third kappa shape index (κ3) is 6.66. The molecule has 0 spiro atoms. The minimum atomic E-state index is -0.680. The number of fused-ring (bicyclic) bond motifs is 3. The van der Waals surface area contributed by atoms with Crippen molar-refractivity contribution in [3.8, 4) is 5.75 Å². The maximum atomic E-state index is 12.5. The lowest BCUT2D eigenvalue weighted by molar-refractivity contribution is -0.384. The van der Waals surface area contributed by atoms with Gasteiger partial charge < -0.3 is 19.4 Å². The molecule has 0 fully saturated rings. The van der Waals surface area contributed by atoms with Crippen LogP contribution in [0.5, 0.6) is 5.75 Å². The van der Waals surface area contributed by atoms with E-state index in [1.165, 1.54) is 6.07 Å². The molecule has 0 radical (unpaired) electrons. The highest BCUT2D eigenvalue weighted by Crippen LogP contribution is 2.33. The molecule has 0 aliphatic heterocycles. The zero-order valence-corrected chi connectivity index (χ0v) is 24.5. The first-order valence-electron chi connectivity index (χ1n) is 13.5. The van der Waals surface area contributed by atoms with Crippen LogP contribution in [-0.2, 0) is 16.1 Å². The Bertz CT molecular complexity index is 1630. The summed E-state index contributed by atoms with van der Waals surface area (Å²) in [5, 5.41) is 20.2. The molecule has 4 rings (SSSR count). The normalized spacial score (nSPS) is 12.9. The molecule has 1 unspecified atom stereocenters. The highest BCUT2D eigenvalue weighted by molar-refractivity contribution is 6.17. The first-order chi connectivity index (χ1) is 19.4. The second-order valence-corrected chi connectivity index (χ2v) is 11.0. The zero-order valence-electron chi connectivity index (χ0n) is 24.5. The van der Waals surface area contributed by atoms with Crippen LogP contribution in [0.3, 0.4) is 0 Å². The van der Waals surface area contributed by atoms with E-state index in [4.69, 9.17) is 14.3 Å². The highest BCUT2D eigenvalue weighted by atomic mass is 16.7. The molecule has 0 aliphatic carbocycles. The fraction of sp³-hybridized carbons (Fsp3) is 0.355. The van der Waals surface area contributed by atoms with Crippen molar-refractivity contribution < 1.29 is 24.0 Å². The zero-order chi connectivity index (χ0) is 29.9. The van der Waals surface area contributed by atoms with Crippen molar-refractivity contribution in [3.63, 3.8) is 0 Å². The number of carbonyl (C=O) groups is 1. The molecule has 1 amide bonds. The van der Waals surface area contributed by atoms with Gasteiger partial charge in [-0.2, -0.15) is 0 Å². The average Bonchev–Trinajstić information content (AvgIpc) is 3.21. The fourth-order valence-corrected chi connectivity index (χ4v) is 4.84. The van der Waals surface area contributed by atoms with E-state index in [-0.39, 0.29) is 11.8 Å². The van der Waals surface area contributed by atoms with Crippen LogP contribution in [-0.4, -0.2) is 46.7 Å². The van der Waals surface area contributed by atoms with Crippen molar-refractivity contribution in [2.24, 2.45) is 5.16 Å². The Labute approximate surface area is 239 Å². The summed E-state index contributed by atoms with van der Waals surface area (Å²) in [5.74, 6) is 0.676. The summed E-state index contributed by atoms with van der Waals surface area (Å²) in [4.78, 5) is 29.0. The van der Waals surface area contributed by atoms with Crippen molar-refractivity contribution in [1.82, 2.24) is 9.88 Å². The average molecular weight is 561 g/mol. The van der Waals surface area contributed by atoms with E-state index in [1.54, 1.807) is 19.2 Å². The number of nitro benzene ring substituents is 1. The number of hydrogen-bond acceptors (Lipinski definition) is 7. The number of rotatable bonds is 9. The SMILES string of the molecule is CCn1c2ccc(/C(=N/OC(=O)NC(C)(C)C)c3ccc(OC(C)COC)cc3C)cc2c2cc([N+](=O)[O-])ccc21. The first kappa shape index (κ1) is 29.5. The number of aromatic nitrogens is 1. The molecule has 216 valence electrons. The van der Waals surface area contributed by atoms with Gasteiger partial charge in [0.25, 0.3) is 5.69 Å². The van der Waals surface area contributed by atoms with Crippen molar-refractivity contribution in [3.05, 3.63) is 81.4 Å². The molecule has 1 heterocycles. The Balaban J connectivity index is 1.86. The van der Waals surface area contributed by atoms with E-state index in [9.17, 15) is 14.9 Å². The lowest BCUT2D eigenvalue weighted by atomic mass is 9.96. The summed E-state index contributed by atoms with van der Waals surface area (Å²) in [7, 11) is 1.62. The maximum Gasteiger partial charge on any atom is 0.433 e. The first-order valence-corrected chi connectivity index (χ1v) is 13.5. The molecule has 41 heavy (non-hydrogen) atoms. The van der Waals surface area contributed by atoms with Gasteiger partial charge in [-0.05, 0) is 83.5 Å². The summed E-state index contributed by atoms with van der Waals surface area (Å²) in [6.45, 7) is 12.6. The predicted octanol–water partition coefficient (Wildman–Crippen LogP) is 6.72. The highest BCUT2D eigenvalue weighted by Gasteiger charge is 2.20. The van der Waals surface area contributed by atoms with Crippen molar-refractivity contribution in [1.29, 1.82) is 0 Å². The number of hydrogen-bond donors (Lipinski definition) is 1. The van der Waals surface area contributed by atoms with Gasteiger partial charge in [-0.25, -0.2) is 4.79 Å². The third-order valence-corrected chi connectivity index (χ3v) is 6.54. The Morgan fingerprint density at radius 1 is 1.07 bits per heavy atom. The number of benzene rings is 3. The molecular formula is C31H36N4O6. The summed E-state index contributed by atoms with van der Waals surface area (Å²) in [6, 6.07) is 16.3. The summed E-state index contributed by atoms with van der Waals surface area (Å²) < 4.78 is 13.2. The van der Waals surface area contributed by atoms with Crippen molar-refractivity contribution >= 4 is 39.3 Å². The van der Waals surface area contributed by atoms with Gasteiger partial charge in [-0.3, -0.25) is 15.0 Å². The van der Waals surface area contributed by atoms with E-state index >= 15 is 0 Å². The second kappa shape index (κ2) is 12.0. The number of nitrogens with zero attached hydrogens (tertiary/aromatic N) is 3. The Morgan fingerprint density at radius 3 is 2.37 bits per heavy atom. The number of carbonyl (C=O) groups excluding carboxylic acids is 1. The lowest BCUT2D eigenvalue weighted by Gasteiger charge is -2.19. The molecular weight excluding hydrogens is 524 g/mol. The lowest BCUT2D eigenvalue weighted by Crippen LogP contribution is -2.40. The third-order valence-electron chi connectivity index (χ3n) is 6.54. The number of aryl methyl sites for hydroxylation is 2. The number of amides is 1. The van der Waals surface area contributed by atoms with Crippen LogP contribution in [0.4, 0.5) is 10.5 Å². The molecule has 1 atom stereocenters. The van der Waals surface area contributed by atoms with Gasteiger partial charge in [0.05, 0.1) is 11.5 Å². The number of non-ortho nitro benzene ring substituents is 1. The Hall–Kier alpha value is -4.44. The van der Waals surface area contributed by atoms with Gasteiger partial charge in [0.2, 0.25) is 0 Å². The van der Waals surface area contributed by atoms with E-state index in [2.05, 4.69) is 15.0 Å². The van der Waals surface area contributed by atoms with Gasteiger partial charge in [0, 0.05) is 64.3 Å². The quantitative estimate of drug-likeness (QED) is 0.105. The molecule has 0 bridgehead atoms. The smallest absolute Gasteiger partial charge is 0.433 e. The molecule has 10 nitrogen and oxygen atoms in total. The standard InChI is InChI=1S/C31H36N4O6/c1-8-34-27-13-9-21(16-25(27)26-17-22(35(37)38)10-14-28(26)34)29(33-41-30(36)32-31(4,5)6)24-12-11-23(15-19(24)2)40-20(3)18-39-7/h9-17,20H,8,18H2,1-7H3,(H,32,36)/b33-29-. The van der Waals surface area contributed by atoms with Crippen LogP contribution >= 0.6 is 0 Å². The number of oxime groups is 1. The van der Waals surface area contributed by atoms with Crippen LogP contribution < -0.4 is 10.1 Å². The van der Waals surface area contributed by atoms with Gasteiger partial charge in [-0.1, -0.05) is 11.2 Å². The number of nitro groups is 1. The van der Waals surface area contributed by atoms with E-state index in [1.807, 2.05) is 77.9 Å². The van der Waals surface area contributed by atoms with Gasteiger partial charge in [0.1, 0.15) is 17.6 Å². The molecule has 0 aliphatic rings.